The number of nitrogens with zero attached hydrogens (tertiary/aromatic N) is 1. The van der Waals surface area contributed by atoms with Gasteiger partial charge in [-0.2, -0.15) is 13.2 Å². The maximum absolute atomic E-state index is 12.6. The van der Waals surface area contributed by atoms with Gasteiger partial charge >= 0.3 is 6.18 Å². The molecule has 0 spiro atoms. The molecule has 0 aromatic heterocycles. The van der Waals surface area contributed by atoms with Gasteiger partial charge in [0.15, 0.2) is 0 Å². The van der Waals surface area contributed by atoms with Crippen LogP contribution in [0.15, 0.2) is 36.9 Å². The van der Waals surface area contributed by atoms with Crippen molar-refractivity contribution in [1.82, 2.24) is 10.2 Å². The first-order chi connectivity index (χ1) is 9.52. The van der Waals surface area contributed by atoms with Crippen molar-refractivity contribution in [3.8, 4) is 0 Å². The normalized spacial score (nSPS) is 18.8. The van der Waals surface area contributed by atoms with E-state index >= 15 is 0 Å². The van der Waals surface area contributed by atoms with E-state index < -0.39 is 11.7 Å². The number of hydrogen-bond donors (Lipinski definition) is 1. The van der Waals surface area contributed by atoms with Crippen LogP contribution in [0, 0.1) is 0 Å². The highest BCUT2D eigenvalue weighted by Crippen LogP contribution is 2.31. The van der Waals surface area contributed by atoms with Crippen molar-refractivity contribution in [3.63, 3.8) is 0 Å². The van der Waals surface area contributed by atoms with Crippen LogP contribution in [0.25, 0.3) is 0 Å². The molecule has 1 heterocycles. The third kappa shape index (κ3) is 3.61. The molecule has 0 radical (unpaired) electrons. The van der Waals surface area contributed by atoms with E-state index in [9.17, 15) is 13.2 Å². The number of nitrogens with one attached hydrogen (secondary N) is 1. The Bertz CT molecular complexity index is 433. The van der Waals surface area contributed by atoms with Crippen molar-refractivity contribution in [2.24, 2.45) is 0 Å². The fourth-order valence-corrected chi connectivity index (χ4v) is 2.54. The maximum atomic E-state index is 12.6. The average molecular weight is 284 g/mol. The fourth-order valence-electron chi connectivity index (χ4n) is 2.54. The van der Waals surface area contributed by atoms with Crippen LogP contribution in [0.1, 0.15) is 23.6 Å². The molecular formula is C15H19F3N2. The number of benzene rings is 1. The minimum atomic E-state index is -4.28. The summed E-state index contributed by atoms with van der Waals surface area (Å²) in [5.74, 6) is 0. The van der Waals surface area contributed by atoms with Gasteiger partial charge < -0.3 is 5.32 Å². The lowest BCUT2D eigenvalue weighted by Crippen LogP contribution is -2.45. The summed E-state index contributed by atoms with van der Waals surface area (Å²) >= 11 is 0. The molecular weight excluding hydrogens is 265 g/mol. The summed E-state index contributed by atoms with van der Waals surface area (Å²) in [7, 11) is 0. The third-order valence-corrected chi connectivity index (χ3v) is 3.61. The number of alkyl halides is 3. The van der Waals surface area contributed by atoms with E-state index in [-0.39, 0.29) is 6.04 Å². The molecule has 0 aliphatic carbocycles. The molecule has 1 N–H and O–H groups in total. The largest absolute Gasteiger partial charge is 0.416 e. The first-order valence-electron chi connectivity index (χ1n) is 6.75. The van der Waals surface area contributed by atoms with E-state index in [1.54, 1.807) is 12.1 Å². The highest BCUT2D eigenvalue weighted by Gasteiger charge is 2.30. The van der Waals surface area contributed by atoms with E-state index in [1.165, 1.54) is 0 Å². The quantitative estimate of drug-likeness (QED) is 0.854. The molecule has 1 atom stereocenters. The summed E-state index contributed by atoms with van der Waals surface area (Å²) in [5, 5.41) is 3.28. The second-order valence-corrected chi connectivity index (χ2v) is 4.95. The fraction of sp³-hybridized carbons (Fsp3) is 0.467. The third-order valence-electron chi connectivity index (χ3n) is 3.61. The molecule has 1 aliphatic rings. The SMILES string of the molecule is C=CC[C@H](c1ccc(C(F)(F)F)cc1)N1CCNCC1. The minimum Gasteiger partial charge on any atom is -0.314 e. The Kier molecular flexibility index (Phi) is 4.83. The Hall–Kier alpha value is -1.33. The van der Waals surface area contributed by atoms with Gasteiger partial charge in [-0.25, -0.2) is 0 Å². The van der Waals surface area contributed by atoms with Crippen molar-refractivity contribution in [3.05, 3.63) is 48.0 Å². The first kappa shape index (κ1) is 15.1. The summed E-state index contributed by atoms with van der Waals surface area (Å²) in [4.78, 5) is 2.29. The highest BCUT2D eigenvalue weighted by atomic mass is 19.4. The molecule has 5 heteroatoms. The van der Waals surface area contributed by atoms with Crippen LogP contribution in [0.2, 0.25) is 0 Å². The lowest BCUT2D eigenvalue weighted by Gasteiger charge is -2.35. The Balaban J connectivity index is 2.18. The summed E-state index contributed by atoms with van der Waals surface area (Å²) in [6.07, 6.45) is -1.71. The van der Waals surface area contributed by atoms with Crippen LogP contribution < -0.4 is 5.32 Å². The summed E-state index contributed by atoms with van der Waals surface area (Å²) in [6.45, 7) is 7.38. The first-order valence-corrected chi connectivity index (χ1v) is 6.75. The zero-order chi connectivity index (χ0) is 14.6. The molecule has 1 aromatic carbocycles. The van der Waals surface area contributed by atoms with Gasteiger partial charge in [0.2, 0.25) is 0 Å². The monoisotopic (exact) mass is 284 g/mol. The van der Waals surface area contributed by atoms with E-state index in [0.29, 0.717) is 0 Å². The van der Waals surface area contributed by atoms with E-state index in [1.807, 2.05) is 6.08 Å². The minimum absolute atomic E-state index is 0.108. The van der Waals surface area contributed by atoms with Crippen LogP contribution in [-0.4, -0.2) is 31.1 Å². The number of hydrogen-bond acceptors (Lipinski definition) is 2. The van der Waals surface area contributed by atoms with Crippen molar-refractivity contribution in [1.29, 1.82) is 0 Å². The van der Waals surface area contributed by atoms with Crippen LogP contribution in [-0.2, 0) is 6.18 Å². The molecule has 0 amide bonds. The van der Waals surface area contributed by atoms with Gasteiger partial charge in [0.25, 0.3) is 0 Å². The Morgan fingerprint density at radius 3 is 2.30 bits per heavy atom. The van der Waals surface area contributed by atoms with E-state index in [2.05, 4.69) is 16.8 Å². The van der Waals surface area contributed by atoms with Gasteiger partial charge in [-0.3, -0.25) is 4.90 Å². The van der Waals surface area contributed by atoms with E-state index in [4.69, 9.17) is 0 Å². The predicted molar refractivity (Wildman–Crippen MR) is 73.4 cm³/mol. The zero-order valence-electron chi connectivity index (χ0n) is 11.3. The second kappa shape index (κ2) is 6.41. The summed E-state index contributed by atoms with van der Waals surface area (Å²) in [5.41, 5.74) is 0.318. The second-order valence-electron chi connectivity index (χ2n) is 4.95. The van der Waals surface area contributed by atoms with Crippen LogP contribution in [0.4, 0.5) is 13.2 Å². The molecule has 20 heavy (non-hydrogen) atoms. The molecule has 1 saturated heterocycles. The Morgan fingerprint density at radius 1 is 1.20 bits per heavy atom. The van der Waals surface area contributed by atoms with Gasteiger partial charge in [0.1, 0.15) is 0 Å². The maximum Gasteiger partial charge on any atom is 0.416 e. The molecule has 1 aromatic rings. The van der Waals surface area contributed by atoms with E-state index in [0.717, 1.165) is 50.3 Å². The highest BCUT2D eigenvalue weighted by molar-refractivity contribution is 5.27. The van der Waals surface area contributed by atoms with Crippen LogP contribution >= 0.6 is 0 Å². The number of piperazine rings is 1. The molecule has 2 nitrogen and oxygen atoms in total. The predicted octanol–water partition coefficient (Wildman–Crippen LogP) is 3.23. The lowest BCUT2D eigenvalue weighted by molar-refractivity contribution is -0.137. The summed E-state index contributed by atoms with van der Waals surface area (Å²) in [6, 6.07) is 5.59. The molecule has 0 bridgehead atoms. The molecule has 1 fully saturated rings. The van der Waals surface area contributed by atoms with Gasteiger partial charge in [0, 0.05) is 32.2 Å². The van der Waals surface area contributed by atoms with Crippen molar-refractivity contribution >= 4 is 0 Å². The van der Waals surface area contributed by atoms with Crippen LogP contribution in [0.3, 0.4) is 0 Å². The number of halogens is 3. The zero-order valence-corrected chi connectivity index (χ0v) is 11.3. The standard InChI is InChI=1S/C15H19F3N2/c1-2-3-14(20-10-8-19-9-11-20)12-4-6-13(7-5-12)15(16,17)18/h2,4-7,14,19H,1,3,8-11H2/t14-/m1/s1. The molecule has 0 unspecified atom stereocenters. The Morgan fingerprint density at radius 2 is 1.80 bits per heavy atom. The molecule has 0 saturated carbocycles. The van der Waals surface area contributed by atoms with Gasteiger partial charge in [0.05, 0.1) is 5.56 Å². The van der Waals surface area contributed by atoms with Gasteiger partial charge in [-0.05, 0) is 24.1 Å². The smallest absolute Gasteiger partial charge is 0.314 e. The van der Waals surface area contributed by atoms with Gasteiger partial charge in [-0.1, -0.05) is 18.2 Å². The summed E-state index contributed by atoms with van der Waals surface area (Å²) < 4.78 is 37.8. The molecule has 1 aliphatic heterocycles. The lowest BCUT2D eigenvalue weighted by atomic mass is 9.99. The topological polar surface area (TPSA) is 15.3 Å². The average Bonchev–Trinajstić information content (AvgIpc) is 2.45. The molecule has 110 valence electrons. The number of rotatable bonds is 4. The van der Waals surface area contributed by atoms with Crippen molar-refractivity contribution in [2.45, 2.75) is 18.6 Å². The molecule has 2 rings (SSSR count). The van der Waals surface area contributed by atoms with Crippen LogP contribution in [0.5, 0.6) is 0 Å². The Labute approximate surface area is 117 Å². The van der Waals surface area contributed by atoms with Gasteiger partial charge in [-0.15, -0.1) is 6.58 Å². The van der Waals surface area contributed by atoms with Crippen molar-refractivity contribution < 1.29 is 13.2 Å². The van der Waals surface area contributed by atoms with Crippen molar-refractivity contribution in [2.75, 3.05) is 26.2 Å².